The van der Waals surface area contributed by atoms with Crippen LogP contribution in [0.5, 0.6) is 0 Å². The van der Waals surface area contributed by atoms with Gasteiger partial charge in [-0.05, 0) is 38.8 Å². The maximum atomic E-state index is 13.0. The van der Waals surface area contributed by atoms with E-state index in [-0.39, 0.29) is 12.3 Å². The van der Waals surface area contributed by atoms with E-state index in [4.69, 9.17) is 0 Å². The van der Waals surface area contributed by atoms with Gasteiger partial charge < -0.3 is 0 Å². The number of alkyl halides is 3. The molecule has 0 saturated carbocycles. The molecule has 2 rings (SSSR count). The van der Waals surface area contributed by atoms with Crippen molar-refractivity contribution in [3.63, 3.8) is 0 Å². The summed E-state index contributed by atoms with van der Waals surface area (Å²) in [5.41, 5.74) is 0. The number of rotatable bonds is 6. The number of carbonyl (C=O) groups is 1. The number of likely N-dealkylation sites (tertiary alicyclic amines) is 1. The number of amides is 1. The monoisotopic (exact) mass is 349 g/mol. The Labute approximate surface area is 138 Å². The fourth-order valence-corrected chi connectivity index (χ4v) is 3.50. The summed E-state index contributed by atoms with van der Waals surface area (Å²) in [5.74, 6) is -0.0500. The van der Waals surface area contributed by atoms with E-state index in [1.54, 1.807) is 18.6 Å². The highest BCUT2D eigenvalue weighted by molar-refractivity contribution is 7.13. The molecule has 1 atom stereocenters. The number of thiazole rings is 1. The van der Waals surface area contributed by atoms with Gasteiger partial charge in [-0.25, -0.2) is 4.98 Å². The highest BCUT2D eigenvalue weighted by atomic mass is 32.1. The molecule has 1 aliphatic rings. The standard InChI is InChI=1S/C15H22F3N3OS/c1-20(14-19-8-11-23-14)13(22)7-3-5-10-21-9-4-2-6-12(21)15(16,17)18/h8,11-12H,2-7,9-10H2,1H3/t12-/m1/s1. The largest absolute Gasteiger partial charge is 0.404 e. The molecule has 1 aromatic rings. The van der Waals surface area contributed by atoms with E-state index in [9.17, 15) is 18.0 Å². The van der Waals surface area contributed by atoms with Crippen LogP contribution in [0.15, 0.2) is 11.6 Å². The topological polar surface area (TPSA) is 36.4 Å². The third kappa shape index (κ3) is 5.17. The van der Waals surface area contributed by atoms with Crippen molar-refractivity contribution in [2.45, 2.75) is 50.7 Å². The molecule has 130 valence electrons. The predicted molar refractivity (Wildman–Crippen MR) is 84.6 cm³/mol. The Kier molecular flexibility index (Phi) is 6.41. The molecule has 0 aromatic carbocycles. The lowest BCUT2D eigenvalue weighted by molar-refractivity contribution is -0.191. The smallest absolute Gasteiger partial charge is 0.292 e. The fourth-order valence-electron chi connectivity index (χ4n) is 2.88. The van der Waals surface area contributed by atoms with Crippen molar-refractivity contribution in [1.29, 1.82) is 0 Å². The van der Waals surface area contributed by atoms with Gasteiger partial charge in [0.05, 0.1) is 0 Å². The summed E-state index contributed by atoms with van der Waals surface area (Å²) >= 11 is 1.39. The van der Waals surface area contributed by atoms with Crippen molar-refractivity contribution >= 4 is 22.4 Å². The van der Waals surface area contributed by atoms with E-state index in [0.29, 0.717) is 43.9 Å². The van der Waals surface area contributed by atoms with Gasteiger partial charge in [-0.1, -0.05) is 6.42 Å². The van der Waals surface area contributed by atoms with Crippen LogP contribution in [0, 0.1) is 0 Å². The Hall–Kier alpha value is -1.15. The molecule has 1 amide bonds. The zero-order chi connectivity index (χ0) is 16.9. The van der Waals surface area contributed by atoms with Crippen LogP contribution in [0.4, 0.5) is 18.3 Å². The minimum Gasteiger partial charge on any atom is -0.292 e. The Bertz CT molecular complexity index is 493. The summed E-state index contributed by atoms with van der Waals surface area (Å²) in [6, 6.07) is -1.31. The number of piperidine rings is 1. The average Bonchev–Trinajstić information content (AvgIpc) is 3.04. The van der Waals surface area contributed by atoms with Crippen molar-refractivity contribution in [1.82, 2.24) is 9.88 Å². The van der Waals surface area contributed by atoms with Gasteiger partial charge in [-0.15, -0.1) is 11.3 Å². The van der Waals surface area contributed by atoms with Gasteiger partial charge in [0.1, 0.15) is 6.04 Å². The molecule has 8 heteroatoms. The first-order valence-electron chi connectivity index (χ1n) is 7.86. The molecule has 1 saturated heterocycles. The van der Waals surface area contributed by atoms with E-state index in [1.165, 1.54) is 21.1 Å². The number of halogens is 3. The SMILES string of the molecule is CN(C(=O)CCCCN1CCCC[C@@H]1C(F)(F)F)c1nccs1. The summed E-state index contributed by atoms with van der Waals surface area (Å²) < 4.78 is 39.0. The highest BCUT2D eigenvalue weighted by Crippen LogP contribution is 2.31. The van der Waals surface area contributed by atoms with Crippen LogP contribution in [-0.4, -0.2) is 48.1 Å². The molecule has 0 spiro atoms. The van der Waals surface area contributed by atoms with Crippen LogP contribution in [0.25, 0.3) is 0 Å². The van der Waals surface area contributed by atoms with Crippen LogP contribution in [-0.2, 0) is 4.79 Å². The first-order chi connectivity index (χ1) is 10.9. The zero-order valence-electron chi connectivity index (χ0n) is 13.2. The van der Waals surface area contributed by atoms with Crippen molar-refractivity contribution in [2.75, 3.05) is 25.0 Å². The number of hydrogen-bond acceptors (Lipinski definition) is 4. The number of aromatic nitrogens is 1. The maximum Gasteiger partial charge on any atom is 0.404 e. The molecule has 0 unspecified atom stereocenters. The van der Waals surface area contributed by atoms with Crippen molar-refractivity contribution in [3.8, 4) is 0 Å². The third-order valence-corrected chi connectivity index (χ3v) is 5.01. The first-order valence-corrected chi connectivity index (χ1v) is 8.74. The van der Waals surface area contributed by atoms with Crippen molar-refractivity contribution in [2.24, 2.45) is 0 Å². The number of anilines is 1. The second-order valence-electron chi connectivity index (χ2n) is 5.81. The van der Waals surface area contributed by atoms with E-state index >= 15 is 0 Å². The van der Waals surface area contributed by atoms with Crippen LogP contribution < -0.4 is 4.90 Å². The summed E-state index contributed by atoms with van der Waals surface area (Å²) in [6.07, 6.45) is 0.657. The van der Waals surface area contributed by atoms with Crippen LogP contribution in [0.3, 0.4) is 0 Å². The molecule has 1 aromatic heterocycles. The predicted octanol–water partition coefficient (Wildman–Crippen LogP) is 3.69. The van der Waals surface area contributed by atoms with Crippen LogP contribution in [0.2, 0.25) is 0 Å². The zero-order valence-corrected chi connectivity index (χ0v) is 14.0. The van der Waals surface area contributed by atoms with E-state index in [0.717, 1.165) is 6.42 Å². The Morgan fingerprint density at radius 1 is 1.43 bits per heavy atom. The normalized spacial score (nSPS) is 19.7. The Morgan fingerprint density at radius 3 is 2.87 bits per heavy atom. The van der Waals surface area contributed by atoms with Gasteiger partial charge in [0.25, 0.3) is 0 Å². The molecular weight excluding hydrogens is 327 g/mol. The summed E-state index contributed by atoms with van der Waals surface area (Å²) in [6.45, 7) is 0.898. The molecule has 0 N–H and O–H groups in total. The molecule has 1 fully saturated rings. The van der Waals surface area contributed by atoms with Crippen LogP contribution >= 0.6 is 11.3 Å². The molecule has 0 radical (unpaired) electrons. The van der Waals surface area contributed by atoms with Gasteiger partial charge >= 0.3 is 6.18 Å². The second kappa shape index (κ2) is 8.10. The summed E-state index contributed by atoms with van der Waals surface area (Å²) in [5, 5.41) is 2.44. The molecule has 2 heterocycles. The molecular formula is C15H22F3N3OS. The lowest BCUT2D eigenvalue weighted by Crippen LogP contribution is -2.48. The maximum absolute atomic E-state index is 13.0. The van der Waals surface area contributed by atoms with Gasteiger partial charge in [-0.2, -0.15) is 13.2 Å². The fraction of sp³-hybridized carbons (Fsp3) is 0.733. The lowest BCUT2D eigenvalue weighted by Gasteiger charge is -2.36. The lowest BCUT2D eigenvalue weighted by atomic mass is 10.0. The summed E-state index contributed by atoms with van der Waals surface area (Å²) in [4.78, 5) is 19.1. The molecule has 4 nitrogen and oxygen atoms in total. The van der Waals surface area contributed by atoms with Crippen LogP contribution in [0.1, 0.15) is 38.5 Å². The Morgan fingerprint density at radius 2 is 2.22 bits per heavy atom. The second-order valence-corrected chi connectivity index (χ2v) is 6.69. The van der Waals surface area contributed by atoms with Gasteiger partial charge in [0.2, 0.25) is 5.91 Å². The molecule has 0 bridgehead atoms. The Balaban J connectivity index is 1.73. The number of hydrogen-bond donors (Lipinski definition) is 0. The van der Waals surface area contributed by atoms with Gasteiger partial charge in [0, 0.05) is 25.0 Å². The molecule has 1 aliphatic heterocycles. The third-order valence-electron chi connectivity index (χ3n) is 4.16. The first kappa shape index (κ1) is 18.2. The number of unbranched alkanes of at least 4 members (excludes halogenated alkanes) is 1. The van der Waals surface area contributed by atoms with E-state index in [1.807, 2.05) is 0 Å². The van der Waals surface area contributed by atoms with Gasteiger partial charge in [0.15, 0.2) is 5.13 Å². The minimum absolute atomic E-state index is 0.0500. The minimum atomic E-state index is -4.15. The highest BCUT2D eigenvalue weighted by Gasteiger charge is 2.43. The molecule has 23 heavy (non-hydrogen) atoms. The van der Waals surface area contributed by atoms with Crippen molar-refractivity contribution < 1.29 is 18.0 Å². The quantitative estimate of drug-likeness (QED) is 0.735. The number of nitrogens with zero attached hydrogens (tertiary/aromatic N) is 3. The van der Waals surface area contributed by atoms with E-state index in [2.05, 4.69) is 4.98 Å². The van der Waals surface area contributed by atoms with Crippen molar-refractivity contribution in [3.05, 3.63) is 11.6 Å². The number of carbonyl (C=O) groups excluding carboxylic acids is 1. The average molecular weight is 349 g/mol. The molecule has 0 aliphatic carbocycles. The van der Waals surface area contributed by atoms with E-state index < -0.39 is 12.2 Å². The summed E-state index contributed by atoms with van der Waals surface area (Å²) in [7, 11) is 1.67. The van der Waals surface area contributed by atoms with Gasteiger partial charge in [-0.3, -0.25) is 14.6 Å².